The molecule has 14 heavy (non-hydrogen) atoms. The molecule has 1 N–H and O–H groups in total. The van der Waals surface area contributed by atoms with Crippen LogP contribution in [0.4, 0.5) is 0 Å². The van der Waals surface area contributed by atoms with E-state index in [0.29, 0.717) is 0 Å². The molecule has 1 saturated heterocycles. The first-order chi connectivity index (χ1) is 6.84. The maximum absolute atomic E-state index is 3.47. The summed E-state index contributed by atoms with van der Waals surface area (Å²) >= 11 is 0. The van der Waals surface area contributed by atoms with Crippen LogP contribution < -0.4 is 5.32 Å². The standard InChI is InChI=1S/C13H19N/c1-11-4-2-5-12(8-11)9-13-6-3-7-14-10-13/h2,4-5,8,13-14H,3,6-7,9-10H2,1H3/t13-/m1/s1. The minimum Gasteiger partial charge on any atom is -0.316 e. The molecule has 1 heteroatoms. The molecular formula is C13H19N. The normalized spacial score (nSPS) is 22.2. The van der Waals surface area contributed by atoms with Crippen molar-refractivity contribution in [1.82, 2.24) is 5.32 Å². The lowest BCUT2D eigenvalue weighted by Gasteiger charge is -2.22. The second kappa shape index (κ2) is 4.61. The molecule has 1 nitrogen and oxygen atoms in total. The summed E-state index contributed by atoms with van der Waals surface area (Å²) in [6.07, 6.45) is 3.98. The summed E-state index contributed by atoms with van der Waals surface area (Å²) in [5.74, 6) is 0.852. The van der Waals surface area contributed by atoms with Gasteiger partial charge in [-0.25, -0.2) is 0 Å². The minimum absolute atomic E-state index is 0.852. The molecule has 1 heterocycles. The fraction of sp³-hybridized carbons (Fsp3) is 0.538. The van der Waals surface area contributed by atoms with Crippen molar-refractivity contribution in [2.75, 3.05) is 13.1 Å². The fourth-order valence-corrected chi connectivity index (χ4v) is 2.27. The van der Waals surface area contributed by atoms with Gasteiger partial charge in [-0.2, -0.15) is 0 Å². The van der Waals surface area contributed by atoms with Crippen LogP contribution in [0.2, 0.25) is 0 Å². The van der Waals surface area contributed by atoms with Gasteiger partial charge >= 0.3 is 0 Å². The van der Waals surface area contributed by atoms with Gasteiger partial charge in [-0.05, 0) is 50.8 Å². The Bertz CT molecular complexity index is 287. The lowest BCUT2D eigenvalue weighted by Crippen LogP contribution is -2.30. The molecule has 1 atom stereocenters. The summed E-state index contributed by atoms with van der Waals surface area (Å²) in [6.45, 7) is 4.58. The molecule has 1 aromatic carbocycles. The first-order valence-electron chi connectivity index (χ1n) is 5.61. The molecule has 1 aliphatic rings. The lowest BCUT2D eigenvalue weighted by atomic mass is 9.92. The zero-order valence-corrected chi connectivity index (χ0v) is 8.92. The monoisotopic (exact) mass is 189 g/mol. The Morgan fingerprint density at radius 2 is 2.36 bits per heavy atom. The molecule has 0 bridgehead atoms. The summed E-state index contributed by atoms with van der Waals surface area (Å²) in [5, 5.41) is 3.47. The van der Waals surface area contributed by atoms with E-state index in [1.807, 2.05) is 0 Å². The molecule has 0 aliphatic carbocycles. The first-order valence-corrected chi connectivity index (χ1v) is 5.61. The second-order valence-corrected chi connectivity index (χ2v) is 4.41. The Morgan fingerprint density at radius 1 is 1.43 bits per heavy atom. The van der Waals surface area contributed by atoms with E-state index in [0.717, 1.165) is 5.92 Å². The third-order valence-corrected chi connectivity index (χ3v) is 3.01. The van der Waals surface area contributed by atoms with Crippen molar-refractivity contribution in [2.45, 2.75) is 26.2 Å². The van der Waals surface area contributed by atoms with E-state index >= 15 is 0 Å². The number of nitrogens with one attached hydrogen (secondary N) is 1. The summed E-state index contributed by atoms with van der Waals surface area (Å²) in [4.78, 5) is 0. The quantitative estimate of drug-likeness (QED) is 0.754. The fourth-order valence-electron chi connectivity index (χ4n) is 2.27. The van der Waals surface area contributed by atoms with Crippen LogP contribution in [0.1, 0.15) is 24.0 Å². The smallest absolute Gasteiger partial charge is 0.00173 e. The maximum atomic E-state index is 3.47. The van der Waals surface area contributed by atoms with Crippen molar-refractivity contribution >= 4 is 0 Å². The molecule has 1 aliphatic heterocycles. The van der Waals surface area contributed by atoms with Gasteiger partial charge < -0.3 is 5.32 Å². The van der Waals surface area contributed by atoms with Gasteiger partial charge in [0.2, 0.25) is 0 Å². The van der Waals surface area contributed by atoms with Gasteiger partial charge in [-0.15, -0.1) is 0 Å². The van der Waals surface area contributed by atoms with E-state index in [9.17, 15) is 0 Å². The highest BCUT2D eigenvalue weighted by Crippen LogP contribution is 2.16. The number of rotatable bonds is 2. The van der Waals surface area contributed by atoms with Gasteiger partial charge in [-0.1, -0.05) is 29.8 Å². The van der Waals surface area contributed by atoms with Gasteiger partial charge in [0, 0.05) is 0 Å². The Labute approximate surface area is 86.5 Å². The minimum atomic E-state index is 0.852. The van der Waals surface area contributed by atoms with Crippen molar-refractivity contribution < 1.29 is 0 Å². The van der Waals surface area contributed by atoms with Gasteiger partial charge in [0.15, 0.2) is 0 Å². The van der Waals surface area contributed by atoms with E-state index in [4.69, 9.17) is 0 Å². The molecule has 0 radical (unpaired) electrons. The highest BCUT2D eigenvalue weighted by molar-refractivity contribution is 5.22. The lowest BCUT2D eigenvalue weighted by molar-refractivity contribution is 0.376. The molecule has 1 fully saturated rings. The average Bonchev–Trinajstić information content (AvgIpc) is 2.19. The van der Waals surface area contributed by atoms with Crippen LogP contribution in [0.3, 0.4) is 0 Å². The van der Waals surface area contributed by atoms with Crippen LogP contribution in [0.25, 0.3) is 0 Å². The molecule has 1 aromatic rings. The highest BCUT2D eigenvalue weighted by Gasteiger charge is 2.12. The Balaban J connectivity index is 1.95. The molecule has 0 unspecified atom stereocenters. The second-order valence-electron chi connectivity index (χ2n) is 4.41. The van der Waals surface area contributed by atoms with Crippen molar-refractivity contribution in [3.05, 3.63) is 35.4 Å². The van der Waals surface area contributed by atoms with Crippen molar-refractivity contribution in [3.8, 4) is 0 Å². The third-order valence-electron chi connectivity index (χ3n) is 3.01. The van der Waals surface area contributed by atoms with Crippen molar-refractivity contribution in [3.63, 3.8) is 0 Å². The van der Waals surface area contributed by atoms with E-state index in [-0.39, 0.29) is 0 Å². The van der Waals surface area contributed by atoms with E-state index in [1.54, 1.807) is 0 Å². The molecular weight excluding hydrogens is 170 g/mol. The van der Waals surface area contributed by atoms with Gasteiger partial charge in [0.25, 0.3) is 0 Å². The van der Waals surface area contributed by atoms with Gasteiger partial charge in [0.1, 0.15) is 0 Å². The van der Waals surface area contributed by atoms with Crippen molar-refractivity contribution in [1.29, 1.82) is 0 Å². The maximum Gasteiger partial charge on any atom is -0.00173 e. The largest absolute Gasteiger partial charge is 0.316 e. The highest BCUT2D eigenvalue weighted by atomic mass is 14.9. The summed E-state index contributed by atoms with van der Waals surface area (Å²) in [7, 11) is 0. The van der Waals surface area contributed by atoms with Crippen LogP contribution in [-0.4, -0.2) is 13.1 Å². The Morgan fingerprint density at radius 3 is 3.07 bits per heavy atom. The molecule has 0 amide bonds. The van der Waals surface area contributed by atoms with E-state index in [2.05, 4.69) is 36.5 Å². The van der Waals surface area contributed by atoms with Crippen LogP contribution >= 0.6 is 0 Å². The topological polar surface area (TPSA) is 12.0 Å². The molecule has 2 rings (SSSR count). The van der Waals surface area contributed by atoms with E-state index < -0.39 is 0 Å². The number of piperidine rings is 1. The molecule has 0 spiro atoms. The Kier molecular flexibility index (Phi) is 3.20. The zero-order chi connectivity index (χ0) is 9.80. The van der Waals surface area contributed by atoms with Crippen LogP contribution in [-0.2, 0) is 6.42 Å². The number of hydrogen-bond donors (Lipinski definition) is 1. The Hall–Kier alpha value is -0.820. The molecule has 0 saturated carbocycles. The predicted octanol–water partition coefficient (Wildman–Crippen LogP) is 2.54. The zero-order valence-electron chi connectivity index (χ0n) is 8.92. The summed E-state index contributed by atoms with van der Waals surface area (Å²) in [5.41, 5.74) is 2.88. The van der Waals surface area contributed by atoms with Gasteiger partial charge in [0.05, 0.1) is 0 Å². The predicted molar refractivity (Wildman–Crippen MR) is 60.5 cm³/mol. The summed E-state index contributed by atoms with van der Waals surface area (Å²) in [6, 6.07) is 8.90. The number of benzene rings is 1. The number of hydrogen-bond acceptors (Lipinski definition) is 1. The number of aryl methyl sites for hydroxylation is 1. The van der Waals surface area contributed by atoms with Crippen LogP contribution in [0.15, 0.2) is 24.3 Å². The SMILES string of the molecule is Cc1cccc(C[C@H]2CCCNC2)c1. The molecule has 0 aromatic heterocycles. The van der Waals surface area contributed by atoms with Gasteiger partial charge in [-0.3, -0.25) is 0 Å². The first kappa shape index (κ1) is 9.72. The van der Waals surface area contributed by atoms with Crippen molar-refractivity contribution in [2.24, 2.45) is 5.92 Å². The third kappa shape index (κ3) is 2.58. The van der Waals surface area contributed by atoms with E-state index in [1.165, 1.54) is 43.5 Å². The van der Waals surface area contributed by atoms with Crippen LogP contribution in [0, 0.1) is 12.8 Å². The summed E-state index contributed by atoms with van der Waals surface area (Å²) < 4.78 is 0. The molecule has 76 valence electrons. The van der Waals surface area contributed by atoms with Crippen LogP contribution in [0.5, 0.6) is 0 Å². The average molecular weight is 189 g/mol.